The second kappa shape index (κ2) is 7.55. The molecule has 0 spiro atoms. The molecule has 0 bridgehead atoms. The molecule has 1 N–H and O–H groups in total. The van der Waals surface area contributed by atoms with Gasteiger partial charge < -0.3 is 9.84 Å². The summed E-state index contributed by atoms with van der Waals surface area (Å²) in [6.07, 6.45) is -11.0. The number of alkyl halides is 6. The molecule has 13 heteroatoms. The third kappa shape index (κ3) is 4.36. The summed E-state index contributed by atoms with van der Waals surface area (Å²) in [7, 11) is 0. The van der Waals surface area contributed by atoms with Gasteiger partial charge in [0.05, 0.1) is 5.69 Å². The van der Waals surface area contributed by atoms with E-state index >= 15 is 0 Å². The molecule has 1 atom stereocenters. The van der Waals surface area contributed by atoms with Gasteiger partial charge in [0.1, 0.15) is 0 Å². The molecule has 2 heterocycles. The van der Waals surface area contributed by atoms with Crippen LogP contribution < -0.4 is 4.74 Å². The van der Waals surface area contributed by atoms with Crippen LogP contribution in [-0.4, -0.2) is 50.0 Å². The van der Waals surface area contributed by atoms with Crippen molar-refractivity contribution in [1.29, 1.82) is 0 Å². The SMILES string of the molecule is CC1=NN(C(=O)COc2cc(C(F)(F)F)nn2-c2ccc(C)cc2)[C@](O)(C(F)(F)F)C1. The average molecular weight is 450 g/mol. The number of benzene rings is 1. The molecule has 31 heavy (non-hydrogen) atoms. The van der Waals surface area contributed by atoms with E-state index in [0.717, 1.165) is 10.2 Å². The van der Waals surface area contributed by atoms with Crippen molar-refractivity contribution >= 4 is 11.6 Å². The minimum absolute atomic E-state index is 0.155. The standard InChI is InChI=1S/C18H16F6N4O3/c1-10-3-5-12(6-4-10)27-15(7-13(26-27)17(19,20)21)31-9-14(29)28-16(30,18(22,23)24)8-11(2)25-28/h3-7,30H,8-9H2,1-2H3/t16-/m1/s1. The molecule has 0 saturated heterocycles. The van der Waals surface area contributed by atoms with Crippen molar-refractivity contribution in [2.24, 2.45) is 5.10 Å². The van der Waals surface area contributed by atoms with Crippen molar-refractivity contribution in [3.05, 3.63) is 41.6 Å². The number of aryl methyl sites for hydroxylation is 1. The van der Waals surface area contributed by atoms with E-state index in [4.69, 9.17) is 4.74 Å². The van der Waals surface area contributed by atoms with Crippen LogP contribution in [0.4, 0.5) is 26.3 Å². The summed E-state index contributed by atoms with van der Waals surface area (Å²) in [6, 6.07) is 6.62. The van der Waals surface area contributed by atoms with Gasteiger partial charge in [-0.3, -0.25) is 4.79 Å². The number of rotatable bonds is 4. The van der Waals surface area contributed by atoms with Gasteiger partial charge in [0, 0.05) is 18.2 Å². The number of carbonyl (C=O) groups is 1. The van der Waals surface area contributed by atoms with Gasteiger partial charge in [-0.2, -0.15) is 41.6 Å². The smallest absolute Gasteiger partial charge is 0.438 e. The summed E-state index contributed by atoms with van der Waals surface area (Å²) in [5, 5.41) is 16.6. The van der Waals surface area contributed by atoms with Gasteiger partial charge >= 0.3 is 12.4 Å². The zero-order valence-corrected chi connectivity index (χ0v) is 16.1. The van der Waals surface area contributed by atoms with Crippen LogP contribution in [0.1, 0.15) is 24.6 Å². The van der Waals surface area contributed by atoms with Gasteiger partial charge in [0.25, 0.3) is 11.6 Å². The van der Waals surface area contributed by atoms with Gasteiger partial charge in [0.15, 0.2) is 12.3 Å². The van der Waals surface area contributed by atoms with Crippen LogP contribution in [0.3, 0.4) is 0 Å². The number of nitrogens with zero attached hydrogens (tertiary/aromatic N) is 4. The highest BCUT2D eigenvalue weighted by atomic mass is 19.4. The first-order valence-corrected chi connectivity index (χ1v) is 8.76. The Hall–Kier alpha value is -3.09. The molecular weight excluding hydrogens is 434 g/mol. The van der Waals surface area contributed by atoms with Crippen LogP contribution in [-0.2, 0) is 11.0 Å². The minimum atomic E-state index is -5.21. The lowest BCUT2D eigenvalue weighted by Crippen LogP contribution is -2.57. The summed E-state index contributed by atoms with van der Waals surface area (Å²) >= 11 is 0. The largest absolute Gasteiger partial charge is 0.467 e. The molecule has 2 aromatic rings. The highest BCUT2D eigenvalue weighted by molar-refractivity contribution is 5.89. The Bertz CT molecular complexity index is 1010. The highest BCUT2D eigenvalue weighted by Gasteiger charge is 2.62. The quantitative estimate of drug-likeness (QED) is 0.724. The molecule has 0 aliphatic carbocycles. The van der Waals surface area contributed by atoms with Crippen molar-refractivity contribution in [2.45, 2.75) is 38.3 Å². The maximum Gasteiger partial charge on any atom is 0.438 e. The summed E-state index contributed by atoms with van der Waals surface area (Å²) in [5.74, 6) is -1.93. The molecule has 7 nitrogen and oxygen atoms in total. The first kappa shape index (κ1) is 22.6. The predicted octanol–water partition coefficient (Wildman–Crippen LogP) is 3.44. The van der Waals surface area contributed by atoms with E-state index in [-0.39, 0.29) is 16.4 Å². The van der Waals surface area contributed by atoms with E-state index < -0.39 is 48.6 Å². The van der Waals surface area contributed by atoms with Gasteiger partial charge in [-0.1, -0.05) is 17.7 Å². The molecule has 1 aliphatic heterocycles. The molecule has 0 fully saturated rings. The van der Waals surface area contributed by atoms with Crippen LogP contribution in [0.15, 0.2) is 35.4 Å². The number of aromatic nitrogens is 2. The second-order valence-electron chi connectivity index (χ2n) is 6.93. The topological polar surface area (TPSA) is 80.0 Å². The fourth-order valence-electron chi connectivity index (χ4n) is 2.88. The van der Waals surface area contributed by atoms with Crippen molar-refractivity contribution in [3.63, 3.8) is 0 Å². The van der Waals surface area contributed by atoms with Gasteiger partial charge in [-0.05, 0) is 26.0 Å². The maximum atomic E-state index is 13.2. The van der Waals surface area contributed by atoms with Crippen LogP contribution in [0.2, 0.25) is 0 Å². The van der Waals surface area contributed by atoms with Crippen molar-refractivity contribution < 1.29 is 41.0 Å². The van der Waals surface area contributed by atoms with E-state index in [0.29, 0.717) is 6.07 Å². The monoisotopic (exact) mass is 450 g/mol. The lowest BCUT2D eigenvalue weighted by Gasteiger charge is -2.32. The van der Waals surface area contributed by atoms with Crippen molar-refractivity contribution in [2.75, 3.05) is 6.61 Å². The van der Waals surface area contributed by atoms with Crippen LogP contribution >= 0.6 is 0 Å². The van der Waals surface area contributed by atoms with Crippen LogP contribution in [0.25, 0.3) is 5.69 Å². The fraction of sp³-hybridized carbons (Fsp3) is 0.389. The van der Waals surface area contributed by atoms with E-state index in [1.54, 1.807) is 19.1 Å². The molecule has 168 valence electrons. The Morgan fingerprint density at radius 2 is 1.77 bits per heavy atom. The van der Waals surface area contributed by atoms with E-state index in [1.807, 2.05) is 0 Å². The lowest BCUT2D eigenvalue weighted by molar-refractivity contribution is -0.302. The molecule has 0 saturated carbocycles. The Labute approximate surface area is 171 Å². The molecular formula is C18H16F6N4O3. The van der Waals surface area contributed by atoms with Crippen LogP contribution in [0, 0.1) is 6.92 Å². The fourth-order valence-corrected chi connectivity index (χ4v) is 2.88. The normalized spacial score (nSPS) is 19.5. The first-order valence-electron chi connectivity index (χ1n) is 8.76. The summed E-state index contributed by atoms with van der Waals surface area (Å²) in [6.45, 7) is 1.82. The number of hydrogen-bond donors (Lipinski definition) is 1. The molecule has 0 radical (unpaired) electrons. The number of halogens is 6. The number of carbonyl (C=O) groups excluding carboxylic acids is 1. The first-order chi connectivity index (χ1) is 14.2. The minimum Gasteiger partial charge on any atom is -0.467 e. The second-order valence-corrected chi connectivity index (χ2v) is 6.93. The van der Waals surface area contributed by atoms with Crippen molar-refractivity contribution in [1.82, 2.24) is 14.8 Å². The number of hydrogen-bond acceptors (Lipinski definition) is 5. The zero-order chi connectivity index (χ0) is 23.2. The molecule has 1 aromatic heterocycles. The molecule has 0 unspecified atom stereocenters. The summed E-state index contributed by atoms with van der Waals surface area (Å²) < 4.78 is 84.9. The highest BCUT2D eigenvalue weighted by Crippen LogP contribution is 2.40. The number of amides is 1. The predicted molar refractivity (Wildman–Crippen MR) is 94.4 cm³/mol. The Morgan fingerprint density at radius 1 is 1.16 bits per heavy atom. The van der Waals surface area contributed by atoms with Crippen LogP contribution in [0.5, 0.6) is 5.88 Å². The van der Waals surface area contributed by atoms with E-state index in [9.17, 15) is 36.2 Å². The Balaban J connectivity index is 1.88. The Kier molecular flexibility index (Phi) is 5.50. The summed E-state index contributed by atoms with van der Waals surface area (Å²) in [4.78, 5) is 12.3. The maximum absolute atomic E-state index is 13.2. The number of aliphatic hydroxyl groups is 1. The van der Waals surface area contributed by atoms with Gasteiger partial charge in [-0.25, -0.2) is 4.68 Å². The van der Waals surface area contributed by atoms with Crippen molar-refractivity contribution in [3.8, 4) is 11.6 Å². The third-order valence-electron chi connectivity index (χ3n) is 4.40. The third-order valence-corrected chi connectivity index (χ3v) is 4.40. The van der Waals surface area contributed by atoms with Gasteiger partial charge in [0.2, 0.25) is 5.88 Å². The molecule has 1 aromatic carbocycles. The van der Waals surface area contributed by atoms with E-state index in [1.165, 1.54) is 19.1 Å². The van der Waals surface area contributed by atoms with Gasteiger partial charge in [-0.15, -0.1) is 0 Å². The summed E-state index contributed by atoms with van der Waals surface area (Å²) in [5.41, 5.74) is -4.05. The van der Waals surface area contributed by atoms with E-state index in [2.05, 4.69) is 10.2 Å². The molecule has 1 aliphatic rings. The molecule has 1 amide bonds. The lowest BCUT2D eigenvalue weighted by atomic mass is 10.1. The number of ether oxygens (including phenoxy) is 1. The zero-order valence-electron chi connectivity index (χ0n) is 16.1. The number of hydrazone groups is 1. The Morgan fingerprint density at radius 3 is 2.32 bits per heavy atom. The average Bonchev–Trinajstić information content (AvgIpc) is 3.21. The molecule has 3 rings (SSSR count).